The standard InChI is InChI=1S/C14H7BrF4N2O5/c15-3-1-4(9(16)5(2-3)14(17,18)19)6-7(12(23)24)10(20)21-11(22)8(6)13(25)26/h1-2H,(H,23,24)(H,25,26)(H3,20,21,22). The van der Waals surface area contributed by atoms with E-state index >= 15 is 0 Å². The van der Waals surface area contributed by atoms with Gasteiger partial charge >= 0.3 is 18.1 Å². The summed E-state index contributed by atoms with van der Waals surface area (Å²) in [5.74, 6) is -6.63. The van der Waals surface area contributed by atoms with Gasteiger partial charge in [0.25, 0.3) is 5.56 Å². The zero-order valence-electron chi connectivity index (χ0n) is 12.2. The molecule has 2 rings (SSSR count). The van der Waals surface area contributed by atoms with Gasteiger partial charge in [0.15, 0.2) is 0 Å². The second-order valence-corrected chi connectivity index (χ2v) is 5.83. The summed E-state index contributed by atoms with van der Waals surface area (Å²) in [5.41, 5.74) is -2.27. The SMILES string of the molecule is Nc1[nH]c(=O)c(C(=O)O)c(-c2cc(Br)cc(C(F)(F)F)c2F)c1C(=O)O. The molecule has 0 aliphatic heterocycles. The number of pyridine rings is 1. The number of carbonyl (C=O) groups is 2. The van der Waals surface area contributed by atoms with Gasteiger partial charge < -0.3 is 20.9 Å². The van der Waals surface area contributed by atoms with Crippen LogP contribution in [0, 0.1) is 5.82 Å². The van der Waals surface area contributed by atoms with Gasteiger partial charge in [-0.2, -0.15) is 13.2 Å². The summed E-state index contributed by atoms with van der Waals surface area (Å²) >= 11 is 2.72. The monoisotopic (exact) mass is 438 g/mol. The minimum Gasteiger partial charge on any atom is -0.478 e. The zero-order chi connectivity index (χ0) is 20.0. The van der Waals surface area contributed by atoms with Crippen molar-refractivity contribution in [1.82, 2.24) is 4.98 Å². The fraction of sp³-hybridized carbons (Fsp3) is 0.0714. The largest absolute Gasteiger partial charge is 0.478 e. The number of nitrogens with one attached hydrogen (secondary N) is 1. The first kappa shape index (κ1) is 19.4. The molecule has 0 amide bonds. The summed E-state index contributed by atoms with van der Waals surface area (Å²) < 4.78 is 53.2. The van der Waals surface area contributed by atoms with Gasteiger partial charge in [0, 0.05) is 15.6 Å². The number of nitrogens with two attached hydrogens (primary N) is 1. The van der Waals surface area contributed by atoms with Crippen LogP contribution in [-0.4, -0.2) is 27.1 Å². The third-order valence-electron chi connectivity index (χ3n) is 3.28. The lowest BCUT2D eigenvalue weighted by Gasteiger charge is -2.16. The summed E-state index contributed by atoms with van der Waals surface area (Å²) in [6.07, 6.45) is -5.16. The third-order valence-corrected chi connectivity index (χ3v) is 3.74. The number of alkyl halides is 3. The summed E-state index contributed by atoms with van der Waals surface area (Å²) in [6, 6.07) is 1.11. The third kappa shape index (κ3) is 3.27. The number of anilines is 1. The maximum atomic E-state index is 14.5. The van der Waals surface area contributed by atoms with E-state index in [0.717, 1.165) is 6.07 Å². The van der Waals surface area contributed by atoms with Crippen LogP contribution in [0.15, 0.2) is 21.4 Å². The molecule has 138 valence electrons. The predicted molar refractivity (Wildman–Crippen MR) is 83.5 cm³/mol. The van der Waals surface area contributed by atoms with E-state index in [2.05, 4.69) is 15.9 Å². The average molecular weight is 439 g/mol. The van der Waals surface area contributed by atoms with Crippen molar-refractivity contribution in [3.63, 3.8) is 0 Å². The van der Waals surface area contributed by atoms with Crippen LogP contribution in [0.1, 0.15) is 26.3 Å². The molecule has 0 fully saturated rings. The Labute approximate surface area is 149 Å². The Bertz CT molecular complexity index is 1000. The Morgan fingerprint density at radius 1 is 1.12 bits per heavy atom. The lowest BCUT2D eigenvalue weighted by Crippen LogP contribution is -2.24. The van der Waals surface area contributed by atoms with E-state index in [0.29, 0.717) is 6.07 Å². The number of hydrogen-bond acceptors (Lipinski definition) is 4. The van der Waals surface area contributed by atoms with Crippen molar-refractivity contribution in [2.45, 2.75) is 6.18 Å². The van der Waals surface area contributed by atoms with Gasteiger partial charge in [-0.25, -0.2) is 14.0 Å². The minimum atomic E-state index is -5.16. The molecule has 12 heteroatoms. The Kier molecular flexibility index (Phi) is 4.82. The van der Waals surface area contributed by atoms with Crippen LogP contribution in [-0.2, 0) is 6.18 Å². The lowest BCUT2D eigenvalue weighted by molar-refractivity contribution is -0.139. The van der Waals surface area contributed by atoms with Crippen LogP contribution >= 0.6 is 15.9 Å². The smallest absolute Gasteiger partial charge is 0.419 e. The van der Waals surface area contributed by atoms with E-state index in [4.69, 9.17) is 5.73 Å². The Morgan fingerprint density at radius 3 is 2.12 bits per heavy atom. The van der Waals surface area contributed by atoms with Crippen molar-refractivity contribution in [2.75, 3.05) is 5.73 Å². The lowest BCUT2D eigenvalue weighted by atomic mass is 9.93. The minimum absolute atomic E-state index is 0.326. The molecule has 2 aromatic rings. The topological polar surface area (TPSA) is 133 Å². The van der Waals surface area contributed by atoms with Crippen LogP contribution in [0.2, 0.25) is 0 Å². The molecular weight excluding hydrogens is 432 g/mol. The van der Waals surface area contributed by atoms with Crippen molar-refractivity contribution in [1.29, 1.82) is 0 Å². The first-order valence-electron chi connectivity index (χ1n) is 6.45. The van der Waals surface area contributed by atoms with Gasteiger partial charge in [-0.1, -0.05) is 15.9 Å². The van der Waals surface area contributed by atoms with Crippen molar-refractivity contribution in [3.05, 3.63) is 49.5 Å². The van der Waals surface area contributed by atoms with E-state index < -0.39 is 63.1 Å². The molecule has 0 atom stereocenters. The molecule has 0 saturated heterocycles. The molecular formula is C14H7BrF4N2O5. The van der Waals surface area contributed by atoms with Crippen molar-refractivity contribution < 1.29 is 37.4 Å². The molecule has 0 saturated carbocycles. The van der Waals surface area contributed by atoms with E-state index in [1.807, 2.05) is 0 Å². The molecule has 1 heterocycles. The van der Waals surface area contributed by atoms with Gasteiger partial charge in [-0.05, 0) is 12.1 Å². The van der Waals surface area contributed by atoms with Gasteiger partial charge in [0.05, 0.1) is 5.56 Å². The van der Waals surface area contributed by atoms with E-state index in [9.17, 15) is 42.2 Å². The van der Waals surface area contributed by atoms with Crippen LogP contribution in [0.3, 0.4) is 0 Å². The molecule has 0 aliphatic carbocycles. The maximum absolute atomic E-state index is 14.5. The van der Waals surface area contributed by atoms with E-state index in [-0.39, 0.29) is 4.47 Å². The maximum Gasteiger partial charge on any atom is 0.419 e. The molecule has 0 bridgehead atoms. The Balaban J connectivity index is 3.11. The highest BCUT2D eigenvalue weighted by Gasteiger charge is 2.37. The fourth-order valence-electron chi connectivity index (χ4n) is 2.29. The second-order valence-electron chi connectivity index (χ2n) is 4.92. The van der Waals surface area contributed by atoms with Crippen LogP contribution in [0.5, 0.6) is 0 Å². The number of aromatic amines is 1. The van der Waals surface area contributed by atoms with Crippen molar-refractivity contribution in [2.24, 2.45) is 0 Å². The highest BCUT2D eigenvalue weighted by molar-refractivity contribution is 9.10. The molecule has 0 spiro atoms. The van der Waals surface area contributed by atoms with Crippen molar-refractivity contribution in [3.8, 4) is 11.1 Å². The number of carboxylic acids is 2. The number of aromatic nitrogens is 1. The molecule has 0 unspecified atom stereocenters. The first-order chi connectivity index (χ1) is 11.9. The van der Waals surface area contributed by atoms with Gasteiger partial charge in [-0.3, -0.25) is 4.79 Å². The molecule has 26 heavy (non-hydrogen) atoms. The van der Waals surface area contributed by atoms with Crippen LogP contribution in [0.4, 0.5) is 23.4 Å². The number of carboxylic acid groups (broad SMARTS) is 2. The second kappa shape index (κ2) is 6.44. The number of H-pyrrole nitrogens is 1. The Hall–Kier alpha value is -2.89. The summed E-state index contributed by atoms with van der Waals surface area (Å²) in [6.45, 7) is 0. The number of aromatic carboxylic acids is 2. The molecule has 0 aliphatic rings. The van der Waals surface area contributed by atoms with Gasteiger partial charge in [-0.15, -0.1) is 0 Å². The molecule has 1 aromatic carbocycles. The summed E-state index contributed by atoms with van der Waals surface area (Å²) in [7, 11) is 0. The number of benzene rings is 1. The van der Waals surface area contributed by atoms with Gasteiger partial charge in [0.2, 0.25) is 0 Å². The number of halogens is 5. The van der Waals surface area contributed by atoms with E-state index in [1.54, 1.807) is 4.98 Å². The molecule has 5 N–H and O–H groups in total. The van der Waals surface area contributed by atoms with Crippen LogP contribution in [0.25, 0.3) is 11.1 Å². The van der Waals surface area contributed by atoms with Crippen molar-refractivity contribution >= 4 is 33.7 Å². The van der Waals surface area contributed by atoms with Crippen LogP contribution < -0.4 is 11.3 Å². The Morgan fingerprint density at radius 2 is 1.65 bits per heavy atom. The molecule has 0 radical (unpaired) electrons. The number of hydrogen-bond donors (Lipinski definition) is 4. The average Bonchev–Trinajstić information content (AvgIpc) is 2.46. The summed E-state index contributed by atoms with van der Waals surface area (Å²) in [5, 5.41) is 18.4. The highest BCUT2D eigenvalue weighted by Crippen LogP contribution is 2.40. The molecule has 7 nitrogen and oxygen atoms in total. The van der Waals surface area contributed by atoms with Gasteiger partial charge in [0.1, 0.15) is 22.8 Å². The normalized spacial score (nSPS) is 11.4. The first-order valence-corrected chi connectivity index (χ1v) is 7.24. The predicted octanol–water partition coefficient (Wildman–Crippen LogP) is 2.94. The number of rotatable bonds is 3. The quantitative estimate of drug-likeness (QED) is 0.544. The highest BCUT2D eigenvalue weighted by atomic mass is 79.9. The fourth-order valence-corrected chi connectivity index (χ4v) is 2.75. The summed E-state index contributed by atoms with van der Waals surface area (Å²) in [4.78, 5) is 36.4. The number of nitrogen functional groups attached to an aromatic ring is 1. The van der Waals surface area contributed by atoms with E-state index in [1.165, 1.54) is 0 Å². The molecule has 1 aromatic heterocycles. The zero-order valence-corrected chi connectivity index (χ0v) is 13.8.